The standard InChI is InChI=1S/C18H21ClFNO2.BrH/c1-12(13-6-7-18(23-2)16(20)9-13)10-21-11-17(22)14-4-3-5-15(19)8-14;/h3-9,12,17,21-22H,10-11H2,1-2H3;1H. The summed E-state index contributed by atoms with van der Waals surface area (Å²) in [6, 6.07) is 12.1. The van der Waals surface area contributed by atoms with E-state index in [4.69, 9.17) is 16.3 Å². The van der Waals surface area contributed by atoms with Crippen LogP contribution in [-0.4, -0.2) is 25.3 Å². The fourth-order valence-electron chi connectivity index (χ4n) is 2.38. The van der Waals surface area contributed by atoms with Crippen LogP contribution in [0, 0.1) is 5.82 Å². The third-order valence-electron chi connectivity index (χ3n) is 3.77. The van der Waals surface area contributed by atoms with Crippen molar-refractivity contribution in [2.75, 3.05) is 20.2 Å². The summed E-state index contributed by atoms with van der Waals surface area (Å²) in [6.45, 7) is 3.03. The van der Waals surface area contributed by atoms with Crippen LogP contribution in [0.1, 0.15) is 30.1 Å². The van der Waals surface area contributed by atoms with Gasteiger partial charge in [-0.3, -0.25) is 0 Å². The number of hydrogen-bond acceptors (Lipinski definition) is 3. The molecule has 0 aliphatic rings. The summed E-state index contributed by atoms with van der Waals surface area (Å²) in [4.78, 5) is 0. The smallest absolute Gasteiger partial charge is 0.165 e. The van der Waals surface area contributed by atoms with Gasteiger partial charge in [-0.05, 0) is 41.3 Å². The predicted octanol–water partition coefficient (Wildman–Crippen LogP) is 4.49. The molecule has 2 atom stereocenters. The van der Waals surface area contributed by atoms with Crippen molar-refractivity contribution in [3.63, 3.8) is 0 Å². The Labute approximate surface area is 157 Å². The van der Waals surface area contributed by atoms with E-state index in [-0.39, 0.29) is 34.5 Å². The molecule has 0 heterocycles. The number of hydrogen-bond donors (Lipinski definition) is 2. The van der Waals surface area contributed by atoms with E-state index in [1.165, 1.54) is 13.2 Å². The molecule has 3 nitrogen and oxygen atoms in total. The summed E-state index contributed by atoms with van der Waals surface area (Å²) < 4.78 is 18.6. The first kappa shape index (κ1) is 20.9. The number of benzene rings is 2. The van der Waals surface area contributed by atoms with Gasteiger partial charge in [-0.2, -0.15) is 0 Å². The number of halogens is 3. The van der Waals surface area contributed by atoms with Gasteiger partial charge in [-0.15, -0.1) is 17.0 Å². The van der Waals surface area contributed by atoms with Gasteiger partial charge in [0, 0.05) is 18.1 Å². The molecule has 2 rings (SSSR count). The molecule has 2 N–H and O–H groups in total. The molecule has 0 aliphatic heterocycles. The molecular weight excluding hydrogens is 397 g/mol. The van der Waals surface area contributed by atoms with E-state index in [1.807, 2.05) is 25.1 Å². The number of rotatable bonds is 7. The molecule has 2 unspecified atom stereocenters. The van der Waals surface area contributed by atoms with Crippen LogP contribution >= 0.6 is 28.6 Å². The zero-order chi connectivity index (χ0) is 16.8. The summed E-state index contributed by atoms with van der Waals surface area (Å²) in [5, 5.41) is 13.9. The molecule has 6 heteroatoms. The molecule has 0 spiro atoms. The highest BCUT2D eigenvalue weighted by Crippen LogP contribution is 2.23. The summed E-state index contributed by atoms with van der Waals surface area (Å²) in [5.74, 6) is -0.0110. The second kappa shape index (κ2) is 9.99. The molecule has 0 aliphatic carbocycles. The van der Waals surface area contributed by atoms with Crippen LogP contribution in [0.4, 0.5) is 4.39 Å². The molecule has 0 radical (unpaired) electrons. The lowest BCUT2D eigenvalue weighted by Gasteiger charge is -2.17. The summed E-state index contributed by atoms with van der Waals surface area (Å²) >= 11 is 5.92. The summed E-state index contributed by atoms with van der Waals surface area (Å²) in [5.41, 5.74) is 1.65. The molecule has 0 fully saturated rings. The first-order valence-corrected chi connectivity index (χ1v) is 7.86. The maximum absolute atomic E-state index is 13.7. The van der Waals surface area contributed by atoms with E-state index >= 15 is 0 Å². The van der Waals surface area contributed by atoms with E-state index < -0.39 is 6.10 Å². The molecule has 0 bridgehead atoms. The monoisotopic (exact) mass is 417 g/mol. The largest absolute Gasteiger partial charge is 0.494 e. The lowest BCUT2D eigenvalue weighted by molar-refractivity contribution is 0.174. The Balaban J connectivity index is 0.00000288. The van der Waals surface area contributed by atoms with Gasteiger partial charge in [0.05, 0.1) is 13.2 Å². The van der Waals surface area contributed by atoms with Crippen molar-refractivity contribution in [1.82, 2.24) is 5.32 Å². The van der Waals surface area contributed by atoms with Crippen molar-refractivity contribution in [1.29, 1.82) is 0 Å². The van der Waals surface area contributed by atoms with E-state index in [1.54, 1.807) is 18.2 Å². The molecule has 24 heavy (non-hydrogen) atoms. The van der Waals surface area contributed by atoms with Crippen molar-refractivity contribution < 1.29 is 14.2 Å². The van der Waals surface area contributed by atoms with Gasteiger partial charge in [0.25, 0.3) is 0 Å². The second-order valence-corrected chi connectivity index (χ2v) is 5.96. The number of aliphatic hydroxyl groups is 1. The van der Waals surface area contributed by atoms with E-state index in [0.717, 1.165) is 11.1 Å². The first-order valence-electron chi connectivity index (χ1n) is 7.49. The normalized spacial score (nSPS) is 13.0. The summed E-state index contributed by atoms with van der Waals surface area (Å²) in [7, 11) is 1.44. The van der Waals surface area contributed by atoms with E-state index in [9.17, 15) is 9.50 Å². The highest BCUT2D eigenvalue weighted by atomic mass is 79.9. The van der Waals surface area contributed by atoms with E-state index in [2.05, 4.69) is 5.32 Å². The zero-order valence-corrected chi connectivity index (χ0v) is 16.1. The average Bonchev–Trinajstić information content (AvgIpc) is 2.54. The Morgan fingerprint density at radius 1 is 1.17 bits per heavy atom. The van der Waals surface area contributed by atoms with Gasteiger partial charge in [0.15, 0.2) is 11.6 Å². The molecule has 2 aromatic rings. The number of methoxy groups -OCH3 is 1. The predicted molar refractivity (Wildman–Crippen MR) is 101 cm³/mol. The fraction of sp³-hybridized carbons (Fsp3) is 0.333. The van der Waals surface area contributed by atoms with E-state index in [0.29, 0.717) is 18.1 Å². The lowest BCUT2D eigenvalue weighted by Crippen LogP contribution is -2.25. The van der Waals surface area contributed by atoms with Gasteiger partial charge in [-0.25, -0.2) is 4.39 Å². The summed E-state index contributed by atoms with van der Waals surface area (Å²) in [6.07, 6.45) is -0.631. The Hall–Kier alpha value is -1.14. The van der Waals surface area contributed by atoms with Crippen LogP contribution in [-0.2, 0) is 0 Å². The van der Waals surface area contributed by atoms with Gasteiger partial charge >= 0.3 is 0 Å². The minimum Gasteiger partial charge on any atom is -0.494 e. The van der Waals surface area contributed by atoms with Crippen molar-refractivity contribution in [3.8, 4) is 5.75 Å². The van der Waals surface area contributed by atoms with Crippen molar-refractivity contribution in [3.05, 3.63) is 64.4 Å². The maximum Gasteiger partial charge on any atom is 0.165 e. The van der Waals surface area contributed by atoms with Crippen LogP contribution in [0.25, 0.3) is 0 Å². The fourth-order valence-corrected chi connectivity index (χ4v) is 2.57. The maximum atomic E-state index is 13.7. The van der Waals surface area contributed by atoms with Crippen LogP contribution in [0.3, 0.4) is 0 Å². The highest BCUT2D eigenvalue weighted by Gasteiger charge is 2.12. The SMILES string of the molecule is Br.COc1ccc(C(C)CNCC(O)c2cccc(Cl)c2)cc1F. The third-order valence-corrected chi connectivity index (χ3v) is 4.00. The van der Waals surface area contributed by atoms with Gasteiger partial charge in [-0.1, -0.05) is 36.7 Å². The van der Waals surface area contributed by atoms with Gasteiger partial charge < -0.3 is 15.2 Å². The quantitative estimate of drug-likeness (QED) is 0.696. The van der Waals surface area contributed by atoms with Crippen LogP contribution in [0.2, 0.25) is 5.02 Å². The number of aliphatic hydroxyl groups excluding tert-OH is 1. The molecule has 0 saturated carbocycles. The van der Waals surface area contributed by atoms with Crippen molar-refractivity contribution >= 4 is 28.6 Å². The molecule has 2 aromatic carbocycles. The van der Waals surface area contributed by atoms with Crippen LogP contribution < -0.4 is 10.1 Å². The first-order chi connectivity index (χ1) is 11.0. The molecule has 0 aromatic heterocycles. The highest BCUT2D eigenvalue weighted by molar-refractivity contribution is 8.93. The third kappa shape index (κ3) is 5.74. The molecule has 0 saturated heterocycles. The number of ether oxygens (including phenoxy) is 1. The Morgan fingerprint density at radius 2 is 1.92 bits per heavy atom. The van der Waals surface area contributed by atoms with Crippen molar-refractivity contribution in [2.45, 2.75) is 18.9 Å². The zero-order valence-electron chi connectivity index (χ0n) is 13.6. The minimum atomic E-state index is -0.631. The second-order valence-electron chi connectivity index (χ2n) is 5.52. The van der Waals surface area contributed by atoms with Crippen LogP contribution in [0.5, 0.6) is 5.75 Å². The molecule has 0 amide bonds. The van der Waals surface area contributed by atoms with Gasteiger partial charge in [0.1, 0.15) is 0 Å². The molecular formula is C18H22BrClFNO2. The van der Waals surface area contributed by atoms with Crippen molar-refractivity contribution in [2.24, 2.45) is 0 Å². The van der Waals surface area contributed by atoms with Gasteiger partial charge in [0.2, 0.25) is 0 Å². The lowest BCUT2D eigenvalue weighted by atomic mass is 10.0. The Morgan fingerprint density at radius 3 is 2.54 bits per heavy atom. The van der Waals surface area contributed by atoms with Crippen LogP contribution in [0.15, 0.2) is 42.5 Å². The Bertz CT molecular complexity index is 657. The molecule has 132 valence electrons. The number of nitrogens with one attached hydrogen (secondary N) is 1. The average molecular weight is 419 g/mol. The topological polar surface area (TPSA) is 41.5 Å². The minimum absolute atomic E-state index is 0. The Kier molecular flexibility index (Phi) is 8.70.